The van der Waals surface area contributed by atoms with Crippen molar-refractivity contribution in [3.8, 4) is 0 Å². The van der Waals surface area contributed by atoms with E-state index in [0.717, 1.165) is 5.69 Å². The topological polar surface area (TPSA) is 29.1 Å². The minimum Gasteiger partial charge on any atom is -0.326 e. The van der Waals surface area contributed by atoms with Gasteiger partial charge in [0.15, 0.2) is 0 Å². The van der Waals surface area contributed by atoms with Gasteiger partial charge in [-0.15, -0.1) is 0 Å². The van der Waals surface area contributed by atoms with Gasteiger partial charge in [0.1, 0.15) is 0 Å². The maximum atomic E-state index is 11.1. The lowest BCUT2D eigenvalue weighted by Crippen LogP contribution is -2.11. The molecular weight excluding hydrogens is 198 g/mol. The van der Waals surface area contributed by atoms with Crippen LogP contribution in [0.5, 0.6) is 0 Å². The zero-order valence-corrected chi connectivity index (χ0v) is 9.83. The Hall–Kier alpha value is -1.31. The molecule has 1 amide bonds. The monoisotopic (exact) mass is 217 g/mol. The van der Waals surface area contributed by atoms with E-state index in [4.69, 9.17) is 0 Å². The number of carbonyl (C=O) groups excluding carboxylic acids is 1. The largest absolute Gasteiger partial charge is 0.326 e. The van der Waals surface area contributed by atoms with E-state index < -0.39 is 0 Å². The first-order valence-corrected chi connectivity index (χ1v) is 6.14. The van der Waals surface area contributed by atoms with Gasteiger partial charge in [0.25, 0.3) is 0 Å². The fraction of sp³-hybridized carbons (Fsp3) is 0.500. The highest BCUT2D eigenvalue weighted by atomic mass is 16.1. The van der Waals surface area contributed by atoms with Gasteiger partial charge >= 0.3 is 0 Å². The number of amides is 1. The summed E-state index contributed by atoms with van der Waals surface area (Å²) in [5.74, 6) is 0.653. The van der Waals surface area contributed by atoms with Crippen LogP contribution in [0.1, 0.15) is 50.5 Å². The molecule has 1 aromatic rings. The van der Waals surface area contributed by atoms with Crippen LogP contribution in [0.25, 0.3) is 0 Å². The molecule has 1 aliphatic rings. The predicted molar refractivity (Wildman–Crippen MR) is 66.6 cm³/mol. The molecule has 0 radical (unpaired) electrons. The molecule has 0 unspecified atom stereocenters. The number of benzene rings is 1. The lowest BCUT2D eigenvalue weighted by molar-refractivity contribution is -0.114. The zero-order chi connectivity index (χ0) is 11.4. The van der Waals surface area contributed by atoms with Gasteiger partial charge in [-0.25, -0.2) is 0 Å². The van der Waals surface area contributed by atoms with E-state index >= 15 is 0 Å². The van der Waals surface area contributed by atoms with Gasteiger partial charge in [-0.2, -0.15) is 0 Å². The molecule has 0 spiro atoms. The Labute approximate surface area is 97.1 Å². The van der Waals surface area contributed by atoms with Gasteiger partial charge in [-0.1, -0.05) is 37.5 Å². The highest BCUT2D eigenvalue weighted by molar-refractivity contribution is 5.89. The summed E-state index contributed by atoms with van der Waals surface area (Å²) in [6.07, 6.45) is 6.52. The molecule has 1 aromatic carbocycles. The van der Waals surface area contributed by atoms with Crippen LogP contribution >= 0.6 is 0 Å². The first-order valence-electron chi connectivity index (χ1n) is 6.14. The summed E-state index contributed by atoms with van der Waals surface area (Å²) in [5, 5.41) is 2.93. The van der Waals surface area contributed by atoms with Crippen molar-refractivity contribution >= 4 is 11.6 Å². The Morgan fingerprint density at radius 1 is 1.19 bits per heavy atom. The van der Waals surface area contributed by atoms with Crippen LogP contribution in [0.4, 0.5) is 5.69 Å². The third kappa shape index (κ3) is 2.63. The quantitative estimate of drug-likeness (QED) is 0.804. The minimum absolute atomic E-state index is 0.0169. The fourth-order valence-corrected chi connectivity index (χ4v) is 2.57. The van der Waals surface area contributed by atoms with Crippen molar-refractivity contribution < 1.29 is 4.79 Å². The molecule has 0 aromatic heterocycles. The predicted octanol–water partition coefficient (Wildman–Crippen LogP) is 3.69. The van der Waals surface area contributed by atoms with Crippen molar-refractivity contribution in [1.29, 1.82) is 0 Å². The van der Waals surface area contributed by atoms with Crippen molar-refractivity contribution in [2.45, 2.75) is 44.9 Å². The van der Waals surface area contributed by atoms with Crippen LogP contribution in [-0.2, 0) is 4.79 Å². The van der Waals surface area contributed by atoms with Crippen LogP contribution in [0.3, 0.4) is 0 Å². The highest BCUT2D eigenvalue weighted by Crippen LogP contribution is 2.36. The highest BCUT2D eigenvalue weighted by Gasteiger charge is 2.18. The van der Waals surface area contributed by atoms with Crippen molar-refractivity contribution in [3.63, 3.8) is 0 Å². The lowest BCUT2D eigenvalue weighted by atomic mass is 9.83. The van der Waals surface area contributed by atoms with Crippen LogP contribution in [0.15, 0.2) is 24.3 Å². The van der Waals surface area contributed by atoms with E-state index in [1.165, 1.54) is 37.7 Å². The fourth-order valence-electron chi connectivity index (χ4n) is 2.57. The van der Waals surface area contributed by atoms with Crippen LogP contribution in [-0.4, -0.2) is 5.91 Å². The summed E-state index contributed by atoms with van der Waals surface area (Å²) in [6, 6.07) is 8.21. The number of hydrogen-bond acceptors (Lipinski definition) is 1. The smallest absolute Gasteiger partial charge is 0.221 e. The van der Waals surface area contributed by atoms with Crippen molar-refractivity contribution in [1.82, 2.24) is 0 Å². The SMILES string of the molecule is CC(=O)Nc1ccccc1C1CCCCC1. The summed E-state index contributed by atoms with van der Waals surface area (Å²) < 4.78 is 0. The number of carbonyl (C=O) groups is 1. The molecule has 0 atom stereocenters. The third-order valence-electron chi connectivity index (χ3n) is 3.32. The standard InChI is InChI=1S/C14H19NO/c1-11(16)15-14-10-6-5-9-13(14)12-7-3-2-4-8-12/h5-6,9-10,12H,2-4,7-8H2,1H3,(H,15,16). The van der Waals surface area contributed by atoms with Gasteiger partial charge in [0.05, 0.1) is 0 Å². The summed E-state index contributed by atoms with van der Waals surface area (Å²) in [6.45, 7) is 1.57. The molecule has 0 aliphatic heterocycles. The third-order valence-corrected chi connectivity index (χ3v) is 3.32. The zero-order valence-electron chi connectivity index (χ0n) is 9.83. The second-order valence-corrected chi connectivity index (χ2v) is 4.60. The summed E-state index contributed by atoms with van der Waals surface area (Å²) in [4.78, 5) is 11.1. The number of anilines is 1. The van der Waals surface area contributed by atoms with E-state index in [9.17, 15) is 4.79 Å². The Balaban J connectivity index is 2.20. The van der Waals surface area contributed by atoms with Gasteiger partial charge < -0.3 is 5.32 Å². The van der Waals surface area contributed by atoms with E-state index in [-0.39, 0.29) is 5.91 Å². The Bertz CT molecular complexity index is 367. The molecule has 2 heteroatoms. The second kappa shape index (κ2) is 5.15. The van der Waals surface area contributed by atoms with Crippen LogP contribution in [0.2, 0.25) is 0 Å². The van der Waals surface area contributed by atoms with E-state index in [0.29, 0.717) is 5.92 Å². The summed E-state index contributed by atoms with van der Waals surface area (Å²) in [7, 11) is 0. The molecular formula is C14H19NO. The lowest BCUT2D eigenvalue weighted by Gasteiger charge is -2.24. The molecule has 16 heavy (non-hydrogen) atoms. The van der Waals surface area contributed by atoms with Crippen molar-refractivity contribution in [2.75, 3.05) is 5.32 Å². The van der Waals surface area contributed by atoms with Crippen LogP contribution < -0.4 is 5.32 Å². The molecule has 0 heterocycles. The summed E-state index contributed by atoms with van der Waals surface area (Å²) in [5.41, 5.74) is 2.32. The average Bonchev–Trinajstić information content (AvgIpc) is 2.30. The maximum absolute atomic E-state index is 11.1. The van der Waals surface area contributed by atoms with Gasteiger partial charge in [0, 0.05) is 12.6 Å². The molecule has 86 valence electrons. The van der Waals surface area contributed by atoms with E-state index in [1.54, 1.807) is 6.92 Å². The van der Waals surface area contributed by atoms with Crippen molar-refractivity contribution in [3.05, 3.63) is 29.8 Å². The number of rotatable bonds is 2. The molecule has 0 bridgehead atoms. The molecule has 2 rings (SSSR count). The molecule has 1 N–H and O–H groups in total. The van der Waals surface area contributed by atoms with Crippen molar-refractivity contribution in [2.24, 2.45) is 0 Å². The Morgan fingerprint density at radius 3 is 2.56 bits per heavy atom. The van der Waals surface area contributed by atoms with E-state index in [2.05, 4.69) is 17.4 Å². The maximum Gasteiger partial charge on any atom is 0.221 e. The first-order chi connectivity index (χ1) is 7.77. The first kappa shape index (κ1) is 11.2. The van der Waals surface area contributed by atoms with Gasteiger partial charge in [0.2, 0.25) is 5.91 Å². The Kier molecular flexibility index (Phi) is 3.60. The summed E-state index contributed by atoms with van der Waals surface area (Å²) >= 11 is 0. The van der Waals surface area contributed by atoms with E-state index in [1.807, 2.05) is 12.1 Å². The second-order valence-electron chi connectivity index (χ2n) is 4.60. The molecule has 1 fully saturated rings. The molecule has 0 saturated heterocycles. The van der Waals surface area contributed by atoms with Gasteiger partial charge in [-0.05, 0) is 30.4 Å². The normalized spacial score (nSPS) is 17.1. The number of nitrogens with one attached hydrogen (secondary N) is 1. The average molecular weight is 217 g/mol. The number of para-hydroxylation sites is 1. The molecule has 1 saturated carbocycles. The number of hydrogen-bond donors (Lipinski definition) is 1. The Morgan fingerprint density at radius 2 is 1.88 bits per heavy atom. The molecule has 1 aliphatic carbocycles. The molecule has 2 nitrogen and oxygen atoms in total. The minimum atomic E-state index is 0.0169. The van der Waals surface area contributed by atoms with Crippen LogP contribution in [0, 0.1) is 0 Å². The van der Waals surface area contributed by atoms with Gasteiger partial charge in [-0.3, -0.25) is 4.79 Å².